The van der Waals surface area contributed by atoms with Gasteiger partial charge >= 0.3 is 0 Å². The highest BCUT2D eigenvalue weighted by Crippen LogP contribution is 2.21. The first-order chi connectivity index (χ1) is 10.3. The van der Waals surface area contributed by atoms with Crippen molar-refractivity contribution in [3.8, 4) is 0 Å². The van der Waals surface area contributed by atoms with Gasteiger partial charge in [0.05, 0.1) is 18.8 Å². The number of aromatic nitrogens is 1. The summed E-state index contributed by atoms with van der Waals surface area (Å²) in [7, 11) is 1.89. The van der Waals surface area contributed by atoms with Crippen molar-refractivity contribution in [1.29, 1.82) is 0 Å². The van der Waals surface area contributed by atoms with Crippen LogP contribution in [0.15, 0.2) is 18.3 Å². The van der Waals surface area contributed by atoms with Crippen molar-refractivity contribution >= 4 is 36.5 Å². The second-order valence-corrected chi connectivity index (χ2v) is 5.54. The maximum atomic E-state index is 12.8. The van der Waals surface area contributed by atoms with E-state index in [1.54, 1.807) is 6.20 Å². The molecule has 3 rings (SSSR count). The molecule has 0 bridgehead atoms. The Bertz CT molecular complexity index is 506. The SMILES string of the molecule is CN(C(=O)c1cccnc1N1CCOCC1)C1CCNC1.Cl.Cl. The number of carbonyl (C=O) groups excluding carboxylic acids is 1. The fourth-order valence-corrected chi connectivity index (χ4v) is 2.92. The molecule has 0 spiro atoms. The predicted octanol–water partition coefficient (Wildman–Crippen LogP) is 1.20. The Morgan fingerprint density at radius 1 is 1.39 bits per heavy atom. The van der Waals surface area contributed by atoms with E-state index in [2.05, 4.69) is 15.2 Å². The summed E-state index contributed by atoms with van der Waals surface area (Å²) < 4.78 is 5.38. The molecule has 1 aromatic heterocycles. The third-order valence-corrected chi connectivity index (χ3v) is 4.23. The number of amides is 1. The van der Waals surface area contributed by atoms with Crippen LogP contribution in [0.25, 0.3) is 0 Å². The molecule has 2 fully saturated rings. The van der Waals surface area contributed by atoms with E-state index >= 15 is 0 Å². The van der Waals surface area contributed by atoms with E-state index in [1.165, 1.54) is 0 Å². The van der Waals surface area contributed by atoms with Crippen LogP contribution in [0.5, 0.6) is 0 Å². The zero-order valence-electron chi connectivity index (χ0n) is 13.2. The molecule has 1 N–H and O–H groups in total. The van der Waals surface area contributed by atoms with Gasteiger partial charge in [-0.3, -0.25) is 4.79 Å². The Morgan fingerprint density at radius 3 is 2.78 bits per heavy atom. The molecule has 0 radical (unpaired) electrons. The highest BCUT2D eigenvalue weighted by molar-refractivity contribution is 5.99. The van der Waals surface area contributed by atoms with Gasteiger partial charge in [-0.1, -0.05) is 0 Å². The van der Waals surface area contributed by atoms with Crippen molar-refractivity contribution in [2.24, 2.45) is 0 Å². The fraction of sp³-hybridized carbons (Fsp3) is 0.600. The molecule has 1 atom stereocenters. The number of hydrogen-bond donors (Lipinski definition) is 1. The number of nitrogens with one attached hydrogen (secondary N) is 1. The summed E-state index contributed by atoms with van der Waals surface area (Å²) in [6.07, 6.45) is 2.76. The van der Waals surface area contributed by atoms with Crippen molar-refractivity contribution in [2.75, 3.05) is 51.3 Å². The van der Waals surface area contributed by atoms with Crippen molar-refractivity contribution < 1.29 is 9.53 Å². The molecule has 0 saturated carbocycles. The first kappa shape index (κ1) is 20.0. The van der Waals surface area contributed by atoms with E-state index < -0.39 is 0 Å². The molecule has 130 valence electrons. The van der Waals surface area contributed by atoms with E-state index in [1.807, 2.05) is 24.1 Å². The summed E-state index contributed by atoms with van der Waals surface area (Å²) in [4.78, 5) is 21.2. The average Bonchev–Trinajstić information content (AvgIpc) is 3.09. The van der Waals surface area contributed by atoms with Crippen LogP contribution in [0.3, 0.4) is 0 Å². The van der Waals surface area contributed by atoms with Gasteiger partial charge in [0, 0.05) is 38.9 Å². The Kier molecular flexibility index (Phi) is 8.05. The van der Waals surface area contributed by atoms with Crippen molar-refractivity contribution in [3.63, 3.8) is 0 Å². The normalized spacial score (nSPS) is 20.4. The Hall–Kier alpha value is -1.08. The molecule has 8 heteroatoms. The van der Waals surface area contributed by atoms with Gasteiger partial charge in [-0.15, -0.1) is 24.8 Å². The van der Waals surface area contributed by atoms with Crippen LogP contribution in [0.4, 0.5) is 5.82 Å². The average molecular weight is 363 g/mol. The summed E-state index contributed by atoms with van der Waals surface area (Å²) >= 11 is 0. The first-order valence-electron chi connectivity index (χ1n) is 7.53. The standard InChI is InChI=1S/C15H22N4O2.2ClH/c1-18(12-4-6-16-11-12)15(20)13-3-2-5-17-14(13)19-7-9-21-10-8-19;;/h2-3,5,12,16H,4,6-11H2,1H3;2*1H. The summed E-state index contributed by atoms with van der Waals surface area (Å²) in [5.41, 5.74) is 0.689. The third-order valence-electron chi connectivity index (χ3n) is 4.23. The fourth-order valence-electron chi connectivity index (χ4n) is 2.92. The maximum Gasteiger partial charge on any atom is 0.257 e. The number of nitrogens with zero attached hydrogens (tertiary/aromatic N) is 3. The molecule has 1 amide bonds. The first-order valence-corrected chi connectivity index (χ1v) is 7.53. The number of hydrogen-bond acceptors (Lipinski definition) is 5. The lowest BCUT2D eigenvalue weighted by Crippen LogP contribution is -2.41. The van der Waals surface area contributed by atoms with Crippen LogP contribution in [-0.4, -0.2) is 68.3 Å². The number of morpholine rings is 1. The summed E-state index contributed by atoms with van der Waals surface area (Å²) in [6.45, 7) is 4.79. The van der Waals surface area contributed by atoms with Crippen LogP contribution >= 0.6 is 24.8 Å². The van der Waals surface area contributed by atoms with Crippen LogP contribution in [0, 0.1) is 0 Å². The lowest BCUT2D eigenvalue weighted by atomic mass is 10.1. The topological polar surface area (TPSA) is 57.7 Å². The van der Waals surface area contributed by atoms with E-state index in [0.717, 1.165) is 38.4 Å². The van der Waals surface area contributed by atoms with Crippen molar-refractivity contribution in [3.05, 3.63) is 23.9 Å². The minimum atomic E-state index is 0. The van der Waals surface area contributed by atoms with Crippen LogP contribution < -0.4 is 10.2 Å². The Balaban J connectivity index is 0.00000132. The van der Waals surface area contributed by atoms with Gasteiger partial charge in [0.15, 0.2) is 0 Å². The van der Waals surface area contributed by atoms with E-state index in [9.17, 15) is 4.79 Å². The predicted molar refractivity (Wildman–Crippen MR) is 95.1 cm³/mol. The zero-order valence-corrected chi connectivity index (χ0v) is 14.9. The summed E-state index contributed by atoms with van der Waals surface area (Å²) in [6, 6.07) is 3.98. The lowest BCUT2D eigenvalue weighted by Gasteiger charge is -2.31. The van der Waals surface area contributed by atoms with Gasteiger partial charge in [-0.25, -0.2) is 4.98 Å². The number of likely N-dealkylation sites (N-methyl/N-ethyl adjacent to an activating group) is 1. The van der Waals surface area contributed by atoms with Gasteiger partial charge < -0.3 is 19.9 Å². The lowest BCUT2D eigenvalue weighted by molar-refractivity contribution is 0.0742. The zero-order chi connectivity index (χ0) is 14.7. The summed E-state index contributed by atoms with van der Waals surface area (Å²) in [5.74, 6) is 0.835. The minimum absolute atomic E-state index is 0. The minimum Gasteiger partial charge on any atom is -0.378 e. The molecular weight excluding hydrogens is 339 g/mol. The monoisotopic (exact) mass is 362 g/mol. The third kappa shape index (κ3) is 4.47. The molecule has 2 saturated heterocycles. The molecule has 1 unspecified atom stereocenters. The second kappa shape index (κ2) is 9.27. The van der Waals surface area contributed by atoms with Crippen LogP contribution in [0.2, 0.25) is 0 Å². The maximum absolute atomic E-state index is 12.8. The quantitative estimate of drug-likeness (QED) is 0.875. The van der Waals surface area contributed by atoms with Gasteiger partial charge in [-0.2, -0.15) is 0 Å². The smallest absolute Gasteiger partial charge is 0.257 e. The number of halogens is 2. The molecule has 6 nitrogen and oxygen atoms in total. The molecule has 2 aliphatic rings. The molecule has 0 aromatic carbocycles. The summed E-state index contributed by atoms with van der Waals surface area (Å²) in [5, 5.41) is 3.30. The van der Waals surface area contributed by atoms with Gasteiger partial charge in [-0.05, 0) is 25.1 Å². The van der Waals surface area contributed by atoms with Gasteiger partial charge in [0.25, 0.3) is 5.91 Å². The number of anilines is 1. The number of pyridine rings is 1. The van der Waals surface area contributed by atoms with Crippen molar-refractivity contribution in [2.45, 2.75) is 12.5 Å². The van der Waals surface area contributed by atoms with Crippen molar-refractivity contribution in [1.82, 2.24) is 15.2 Å². The Morgan fingerprint density at radius 2 is 2.13 bits per heavy atom. The second-order valence-electron chi connectivity index (χ2n) is 5.54. The van der Waals surface area contributed by atoms with E-state index in [0.29, 0.717) is 18.8 Å². The number of carbonyl (C=O) groups is 1. The number of ether oxygens (including phenoxy) is 1. The molecule has 3 heterocycles. The molecule has 23 heavy (non-hydrogen) atoms. The molecule has 1 aromatic rings. The van der Waals surface area contributed by atoms with E-state index in [-0.39, 0.29) is 36.8 Å². The highest BCUT2D eigenvalue weighted by Gasteiger charge is 2.27. The number of rotatable bonds is 3. The van der Waals surface area contributed by atoms with Crippen LogP contribution in [0.1, 0.15) is 16.8 Å². The van der Waals surface area contributed by atoms with Gasteiger partial charge in [0.2, 0.25) is 0 Å². The van der Waals surface area contributed by atoms with E-state index in [4.69, 9.17) is 4.74 Å². The van der Waals surface area contributed by atoms with Gasteiger partial charge in [0.1, 0.15) is 5.82 Å². The molecular formula is C15H24Cl2N4O2. The van der Waals surface area contributed by atoms with Crippen LogP contribution in [-0.2, 0) is 4.74 Å². The molecule has 0 aliphatic carbocycles. The highest BCUT2D eigenvalue weighted by atomic mass is 35.5. The Labute approximate surface area is 149 Å². The molecule has 2 aliphatic heterocycles. The largest absolute Gasteiger partial charge is 0.378 e.